The third-order valence-corrected chi connectivity index (χ3v) is 5.74. The third kappa shape index (κ3) is 5.81. The molecule has 2 aliphatic rings. The Morgan fingerprint density at radius 3 is 2.44 bits per heavy atom. The quantitative estimate of drug-likeness (QED) is 0.615. The average molecular weight is 446 g/mol. The van der Waals surface area contributed by atoms with Crippen LogP contribution in [-0.2, 0) is 22.2 Å². The van der Waals surface area contributed by atoms with Crippen LogP contribution in [0.2, 0.25) is 0 Å². The highest BCUT2D eigenvalue weighted by Crippen LogP contribution is 2.51. The van der Waals surface area contributed by atoms with Crippen molar-refractivity contribution in [2.24, 2.45) is 5.92 Å². The fourth-order valence-electron chi connectivity index (χ4n) is 3.77. The van der Waals surface area contributed by atoms with Crippen LogP contribution in [0.1, 0.15) is 41.9 Å². The maximum absolute atomic E-state index is 13.2. The first kappa shape index (κ1) is 22.2. The number of carbonyl (C=O) groups is 2. The number of nitrogens with one attached hydrogen (secondary N) is 2. The van der Waals surface area contributed by atoms with Gasteiger partial charge in [0, 0.05) is 18.5 Å². The summed E-state index contributed by atoms with van der Waals surface area (Å²) < 4.78 is 45.0. The molecule has 2 amide bonds. The summed E-state index contributed by atoms with van der Waals surface area (Å²) in [6.45, 7) is 0.374. The summed E-state index contributed by atoms with van der Waals surface area (Å²) in [6.07, 6.45) is -1.35. The van der Waals surface area contributed by atoms with E-state index in [1.54, 1.807) is 18.2 Å². The van der Waals surface area contributed by atoms with Crippen molar-refractivity contribution < 1.29 is 27.5 Å². The Kier molecular flexibility index (Phi) is 6.39. The minimum Gasteiger partial charge on any atom is -0.484 e. The van der Waals surface area contributed by atoms with E-state index in [4.69, 9.17) is 4.74 Å². The van der Waals surface area contributed by atoms with E-state index in [0.717, 1.165) is 24.5 Å². The molecule has 32 heavy (non-hydrogen) atoms. The van der Waals surface area contributed by atoms with Gasteiger partial charge in [-0.2, -0.15) is 13.2 Å². The van der Waals surface area contributed by atoms with Gasteiger partial charge in [0.15, 0.2) is 6.61 Å². The molecule has 0 heterocycles. The molecule has 2 saturated carbocycles. The summed E-state index contributed by atoms with van der Waals surface area (Å²) in [5.74, 6) is -0.561. The Morgan fingerprint density at radius 2 is 1.75 bits per heavy atom. The molecule has 2 unspecified atom stereocenters. The summed E-state index contributed by atoms with van der Waals surface area (Å²) >= 11 is 0. The van der Waals surface area contributed by atoms with Crippen LogP contribution in [0.3, 0.4) is 0 Å². The van der Waals surface area contributed by atoms with Crippen LogP contribution in [-0.4, -0.2) is 31.0 Å². The molecule has 2 aliphatic carbocycles. The zero-order valence-corrected chi connectivity index (χ0v) is 17.5. The smallest absolute Gasteiger partial charge is 0.416 e. The summed E-state index contributed by atoms with van der Waals surface area (Å²) in [6, 6.07) is 13.0. The zero-order valence-electron chi connectivity index (χ0n) is 17.5. The fourth-order valence-corrected chi connectivity index (χ4v) is 3.77. The van der Waals surface area contributed by atoms with E-state index in [-0.39, 0.29) is 29.9 Å². The average Bonchev–Trinajstić information content (AvgIpc) is 3.68. The van der Waals surface area contributed by atoms with Crippen molar-refractivity contribution in [3.8, 4) is 5.75 Å². The molecule has 5 nitrogen and oxygen atoms in total. The largest absolute Gasteiger partial charge is 0.484 e. The lowest BCUT2D eigenvalue weighted by Gasteiger charge is -2.12. The summed E-state index contributed by atoms with van der Waals surface area (Å²) in [7, 11) is 0. The number of halogens is 3. The molecule has 8 heteroatoms. The molecule has 170 valence electrons. The van der Waals surface area contributed by atoms with Gasteiger partial charge in [-0.3, -0.25) is 9.59 Å². The van der Waals surface area contributed by atoms with Gasteiger partial charge >= 0.3 is 6.18 Å². The first-order valence-corrected chi connectivity index (χ1v) is 10.8. The molecule has 0 aromatic heterocycles. The minimum absolute atomic E-state index is 0.0219. The fraction of sp³-hybridized carbons (Fsp3) is 0.417. The van der Waals surface area contributed by atoms with Gasteiger partial charge in [0.05, 0.1) is 5.56 Å². The first-order chi connectivity index (χ1) is 15.3. The van der Waals surface area contributed by atoms with Crippen molar-refractivity contribution >= 4 is 11.8 Å². The Hall–Kier alpha value is -3.03. The molecule has 0 spiro atoms. The van der Waals surface area contributed by atoms with Crippen molar-refractivity contribution in [3.63, 3.8) is 0 Å². The van der Waals surface area contributed by atoms with Crippen LogP contribution in [0.15, 0.2) is 48.5 Å². The Morgan fingerprint density at radius 1 is 1.03 bits per heavy atom. The molecular weight excluding hydrogens is 421 g/mol. The second-order valence-corrected chi connectivity index (χ2v) is 8.35. The van der Waals surface area contributed by atoms with Gasteiger partial charge in [-0.25, -0.2) is 0 Å². The van der Waals surface area contributed by atoms with E-state index in [1.807, 2.05) is 12.1 Å². The van der Waals surface area contributed by atoms with Crippen molar-refractivity contribution in [2.45, 2.75) is 43.8 Å². The number of ether oxygens (including phenoxy) is 1. The van der Waals surface area contributed by atoms with Crippen LogP contribution in [0.25, 0.3) is 0 Å². The van der Waals surface area contributed by atoms with Crippen molar-refractivity contribution in [2.75, 3.05) is 13.2 Å². The highest BCUT2D eigenvalue weighted by molar-refractivity contribution is 5.83. The normalized spacial score (nSPS) is 19.8. The summed E-state index contributed by atoms with van der Waals surface area (Å²) in [4.78, 5) is 24.0. The molecule has 2 fully saturated rings. The van der Waals surface area contributed by atoms with E-state index in [0.29, 0.717) is 31.2 Å². The van der Waals surface area contributed by atoms with E-state index in [9.17, 15) is 22.8 Å². The first-order valence-electron chi connectivity index (χ1n) is 10.8. The highest BCUT2D eigenvalue weighted by Gasteiger charge is 2.47. The van der Waals surface area contributed by atoms with Crippen molar-refractivity contribution in [1.82, 2.24) is 10.6 Å². The number of carbonyl (C=O) groups excluding carboxylic acids is 2. The molecule has 2 atom stereocenters. The van der Waals surface area contributed by atoms with Crippen molar-refractivity contribution in [1.29, 1.82) is 0 Å². The maximum Gasteiger partial charge on any atom is 0.416 e. The van der Waals surface area contributed by atoms with Crippen molar-refractivity contribution in [3.05, 3.63) is 65.2 Å². The second kappa shape index (κ2) is 9.22. The molecule has 2 N–H and O–H groups in total. The molecular formula is C24H25F3N2O3. The van der Waals surface area contributed by atoms with Gasteiger partial charge in [-0.05, 0) is 60.9 Å². The SMILES string of the molecule is O=C(COc1ccc(CCNC(=O)C2CC2c2ccccc2C(F)(F)F)cc1)NC1CC1. The van der Waals surface area contributed by atoms with E-state index >= 15 is 0 Å². The number of alkyl halides is 3. The second-order valence-electron chi connectivity index (χ2n) is 8.35. The number of hydrogen-bond donors (Lipinski definition) is 2. The van der Waals surface area contributed by atoms with Gasteiger partial charge in [-0.15, -0.1) is 0 Å². The van der Waals surface area contributed by atoms with Gasteiger partial charge in [-0.1, -0.05) is 30.3 Å². The van der Waals surface area contributed by atoms with Crippen LogP contribution in [0.4, 0.5) is 13.2 Å². The lowest BCUT2D eigenvalue weighted by atomic mass is 10.0. The topological polar surface area (TPSA) is 67.4 Å². The molecule has 2 aromatic carbocycles. The predicted molar refractivity (Wildman–Crippen MR) is 112 cm³/mol. The van der Waals surface area contributed by atoms with Crippen LogP contribution < -0.4 is 15.4 Å². The number of hydrogen-bond acceptors (Lipinski definition) is 3. The molecule has 0 saturated heterocycles. The molecule has 4 rings (SSSR count). The lowest BCUT2D eigenvalue weighted by molar-refractivity contribution is -0.138. The van der Waals surface area contributed by atoms with Crippen LogP contribution in [0.5, 0.6) is 5.75 Å². The third-order valence-electron chi connectivity index (χ3n) is 5.74. The predicted octanol–water partition coefficient (Wildman–Crippen LogP) is 3.83. The number of benzene rings is 2. The standard InChI is InChI=1S/C24H25F3N2O3/c25-24(26,27)21-4-2-1-3-18(21)19-13-20(19)23(31)28-12-11-15-5-9-17(10-6-15)32-14-22(30)29-16-7-8-16/h1-6,9-10,16,19-20H,7-8,11-14H2,(H,28,31)(H,29,30). The maximum atomic E-state index is 13.2. The molecule has 0 bridgehead atoms. The van der Waals surface area contributed by atoms with Gasteiger partial charge in [0.2, 0.25) is 5.91 Å². The minimum atomic E-state index is -4.42. The van der Waals surface area contributed by atoms with Gasteiger partial charge in [0.1, 0.15) is 5.75 Å². The van der Waals surface area contributed by atoms with Gasteiger partial charge in [0.25, 0.3) is 5.91 Å². The molecule has 0 radical (unpaired) electrons. The zero-order chi connectivity index (χ0) is 22.7. The highest BCUT2D eigenvalue weighted by atomic mass is 19.4. The van der Waals surface area contributed by atoms with E-state index in [2.05, 4.69) is 10.6 Å². The van der Waals surface area contributed by atoms with Gasteiger partial charge < -0.3 is 15.4 Å². The summed E-state index contributed by atoms with van der Waals surface area (Å²) in [5, 5.41) is 5.68. The lowest BCUT2D eigenvalue weighted by Crippen LogP contribution is -2.30. The molecule has 2 aromatic rings. The van der Waals surface area contributed by atoms with E-state index < -0.39 is 17.7 Å². The number of rotatable bonds is 9. The van der Waals surface area contributed by atoms with Crippen LogP contribution in [0, 0.1) is 5.92 Å². The van der Waals surface area contributed by atoms with Crippen LogP contribution >= 0.6 is 0 Å². The summed E-state index contributed by atoms with van der Waals surface area (Å²) in [5.41, 5.74) is 0.518. The Balaban J connectivity index is 1.20. The van der Waals surface area contributed by atoms with E-state index in [1.165, 1.54) is 12.1 Å². The monoisotopic (exact) mass is 446 g/mol. The molecule has 0 aliphatic heterocycles. The number of amides is 2. The Bertz CT molecular complexity index is 971. The Labute approximate surface area is 184 Å².